The maximum atomic E-state index is 12.7. The predicted molar refractivity (Wildman–Crippen MR) is 131 cm³/mol. The molecule has 0 fully saturated rings. The van der Waals surface area contributed by atoms with Crippen molar-refractivity contribution >= 4 is 23.6 Å². The third-order valence-electron chi connectivity index (χ3n) is 4.79. The van der Waals surface area contributed by atoms with Gasteiger partial charge in [0.1, 0.15) is 5.60 Å². The van der Waals surface area contributed by atoms with Crippen LogP contribution in [-0.4, -0.2) is 34.6 Å². The van der Waals surface area contributed by atoms with Gasteiger partial charge < -0.3 is 25.3 Å². The minimum Gasteiger partial charge on any atom is -0.444 e. The van der Waals surface area contributed by atoms with Crippen LogP contribution in [0.5, 0.6) is 0 Å². The fraction of sp³-hybridized carbons (Fsp3) is 0.269. The van der Waals surface area contributed by atoms with Crippen LogP contribution in [0.4, 0.5) is 10.5 Å². The molecule has 8 heteroatoms. The SMILES string of the molecule is CC(C)(C)OC(=O)NCCC(=O)NCc1ccccc1NC(=O)c1ccc(-n2cccc2)cc1. The second kappa shape index (κ2) is 11.2. The van der Waals surface area contributed by atoms with Crippen LogP contribution < -0.4 is 16.0 Å². The number of carbonyl (C=O) groups excluding carboxylic acids is 3. The molecule has 1 aromatic heterocycles. The average molecular weight is 463 g/mol. The Bertz CT molecular complexity index is 1120. The average Bonchev–Trinajstić information content (AvgIpc) is 3.32. The highest BCUT2D eigenvalue weighted by molar-refractivity contribution is 6.04. The van der Waals surface area contributed by atoms with Gasteiger partial charge in [0.2, 0.25) is 5.91 Å². The van der Waals surface area contributed by atoms with Gasteiger partial charge in [0, 0.05) is 48.8 Å². The second-order valence-corrected chi connectivity index (χ2v) is 8.70. The van der Waals surface area contributed by atoms with Gasteiger partial charge >= 0.3 is 6.09 Å². The normalized spacial score (nSPS) is 10.9. The van der Waals surface area contributed by atoms with Gasteiger partial charge in [-0.25, -0.2) is 4.79 Å². The molecule has 0 radical (unpaired) electrons. The van der Waals surface area contributed by atoms with Crippen LogP contribution in [0.2, 0.25) is 0 Å². The van der Waals surface area contributed by atoms with Gasteiger partial charge in [-0.1, -0.05) is 18.2 Å². The number of ether oxygens (including phenoxy) is 1. The third kappa shape index (κ3) is 7.51. The Morgan fingerprint density at radius 3 is 2.24 bits per heavy atom. The first-order chi connectivity index (χ1) is 16.2. The summed E-state index contributed by atoms with van der Waals surface area (Å²) < 4.78 is 7.10. The molecule has 34 heavy (non-hydrogen) atoms. The number of aromatic nitrogens is 1. The minimum absolute atomic E-state index is 0.113. The summed E-state index contributed by atoms with van der Waals surface area (Å²) in [5, 5.41) is 8.28. The van der Waals surface area contributed by atoms with E-state index in [1.54, 1.807) is 39.0 Å². The number of rotatable bonds is 8. The van der Waals surface area contributed by atoms with Crippen LogP contribution in [0.15, 0.2) is 73.1 Å². The molecule has 3 amide bonds. The molecule has 178 valence electrons. The molecule has 0 bridgehead atoms. The van der Waals surface area contributed by atoms with Crippen molar-refractivity contribution in [2.75, 3.05) is 11.9 Å². The number of carbonyl (C=O) groups is 3. The summed E-state index contributed by atoms with van der Waals surface area (Å²) in [6.45, 7) is 5.73. The Hall–Kier alpha value is -4.07. The molecule has 0 saturated heterocycles. The van der Waals surface area contributed by atoms with Crippen LogP contribution >= 0.6 is 0 Å². The number of para-hydroxylation sites is 1. The van der Waals surface area contributed by atoms with Gasteiger partial charge in [0.15, 0.2) is 0 Å². The zero-order chi connectivity index (χ0) is 24.6. The molecule has 0 spiro atoms. The number of alkyl carbamates (subject to hydrolysis) is 1. The van der Waals surface area contributed by atoms with E-state index in [1.807, 2.05) is 59.4 Å². The lowest BCUT2D eigenvalue weighted by Crippen LogP contribution is -2.35. The lowest BCUT2D eigenvalue weighted by atomic mass is 10.1. The van der Waals surface area contributed by atoms with E-state index in [0.29, 0.717) is 11.3 Å². The van der Waals surface area contributed by atoms with Crippen molar-refractivity contribution in [3.8, 4) is 5.69 Å². The van der Waals surface area contributed by atoms with Gasteiger partial charge in [-0.15, -0.1) is 0 Å². The van der Waals surface area contributed by atoms with Crippen LogP contribution in [-0.2, 0) is 16.1 Å². The van der Waals surface area contributed by atoms with E-state index in [2.05, 4.69) is 16.0 Å². The molecule has 0 saturated carbocycles. The van der Waals surface area contributed by atoms with Crippen molar-refractivity contribution in [2.45, 2.75) is 39.3 Å². The summed E-state index contributed by atoms with van der Waals surface area (Å²) >= 11 is 0. The van der Waals surface area contributed by atoms with Crippen molar-refractivity contribution in [2.24, 2.45) is 0 Å². The van der Waals surface area contributed by atoms with E-state index >= 15 is 0 Å². The van der Waals surface area contributed by atoms with Crippen LogP contribution in [0.25, 0.3) is 5.69 Å². The Morgan fingerprint density at radius 2 is 1.56 bits per heavy atom. The van der Waals surface area contributed by atoms with Crippen molar-refractivity contribution in [3.05, 3.63) is 84.2 Å². The van der Waals surface area contributed by atoms with E-state index in [4.69, 9.17) is 4.74 Å². The first-order valence-electron chi connectivity index (χ1n) is 11.1. The first kappa shape index (κ1) is 24.6. The fourth-order valence-corrected chi connectivity index (χ4v) is 3.16. The van der Waals surface area contributed by atoms with Crippen LogP contribution in [0.3, 0.4) is 0 Å². The highest BCUT2D eigenvalue weighted by Gasteiger charge is 2.16. The molecule has 2 aromatic carbocycles. The number of nitrogens with zero attached hydrogens (tertiary/aromatic N) is 1. The smallest absolute Gasteiger partial charge is 0.407 e. The summed E-state index contributed by atoms with van der Waals surface area (Å²) in [5.41, 5.74) is 2.29. The molecular weight excluding hydrogens is 432 g/mol. The van der Waals surface area contributed by atoms with Gasteiger partial charge in [-0.05, 0) is 68.8 Å². The van der Waals surface area contributed by atoms with Gasteiger partial charge in [0.05, 0.1) is 0 Å². The van der Waals surface area contributed by atoms with E-state index in [-0.39, 0.29) is 31.3 Å². The van der Waals surface area contributed by atoms with Crippen molar-refractivity contribution in [1.82, 2.24) is 15.2 Å². The Labute approximate surface area is 199 Å². The molecule has 0 atom stereocenters. The monoisotopic (exact) mass is 462 g/mol. The van der Waals surface area contributed by atoms with Crippen molar-refractivity contribution in [1.29, 1.82) is 0 Å². The summed E-state index contributed by atoms with van der Waals surface area (Å²) in [6.07, 6.45) is 3.43. The third-order valence-corrected chi connectivity index (χ3v) is 4.79. The minimum atomic E-state index is -0.592. The Kier molecular flexibility index (Phi) is 8.08. The first-order valence-corrected chi connectivity index (χ1v) is 11.1. The van der Waals surface area contributed by atoms with Gasteiger partial charge in [-0.3, -0.25) is 9.59 Å². The number of hydrogen-bond donors (Lipinski definition) is 3. The zero-order valence-corrected chi connectivity index (χ0v) is 19.6. The highest BCUT2D eigenvalue weighted by atomic mass is 16.6. The van der Waals surface area contributed by atoms with Gasteiger partial charge in [-0.2, -0.15) is 0 Å². The molecular formula is C26H30N4O4. The van der Waals surface area contributed by atoms with Crippen molar-refractivity contribution in [3.63, 3.8) is 0 Å². The van der Waals surface area contributed by atoms with Crippen LogP contribution in [0.1, 0.15) is 43.1 Å². The molecule has 0 aliphatic rings. The molecule has 3 rings (SSSR count). The fourth-order valence-electron chi connectivity index (χ4n) is 3.16. The lowest BCUT2D eigenvalue weighted by molar-refractivity contribution is -0.121. The Morgan fingerprint density at radius 1 is 0.882 bits per heavy atom. The number of amides is 3. The molecule has 8 nitrogen and oxygen atoms in total. The molecule has 0 unspecified atom stereocenters. The second-order valence-electron chi connectivity index (χ2n) is 8.70. The van der Waals surface area contributed by atoms with E-state index < -0.39 is 11.7 Å². The summed E-state index contributed by atoms with van der Waals surface area (Å²) in [7, 11) is 0. The number of benzene rings is 2. The molecule has 0 aliphatic heterocycles. The summed E-state index contributed by atoms with van der Waals surface area (Å²) in [6, 6.07) is 18.5. The van der Waals surface area contributed by atoms with Crippen molar-refractivity contribution < 1.29 is 19.1 Å². The molecule has 0 aliphatic carbocycles. The maximum absolute atomic E-state index is 12.7. The summed E-state index contributed by atoms with van der Waals surface area (Å²) in [5.74, 6) is -0.461. The topological polar surface area (TPSA) is 101 Å². The van der Waals surface area contributed by atoms with E-state index in [1.165, 1.54) is 0 Å². The highest BCUT2D eigenvalue weighted by Crippen LogP contribution is 2.17. The summed E-state index contributed by atoms with van der Waals surface area (Å²) in [4.78, 5) is 36.6. The van der Waals surface area contributed by atoms with E-state index in [0.717, 1.165) is 11.3 Å². The molecule has 3 aromatic rings. The molecule has 1 heterocycles. The zero-order valence-electron chi connectivity index (χ0n) is 19.6. The standard InChI is InChI=1S/C26H30N4O4/c1-26(2,3)34-25(33)27-15-14-23(31)28-18-20-8-4-5-9-22(20)29-24(32)19-10-12-21(13-11-19)30-16-6-7-17-30/h4-13,16-17H,14-15,18H2,1-3H3,(H,27,33)(H,28,31)(H,29,32). The maximum Gasteiger partial charge on any atom is 0.407 e. The Balaban J connectivity index is 1.51. The lowest BCUT2D eigenvalue weighted by Gasteiger charge is -2.19. The van der Waals surface area contributed by atoms with Gasteiger partial charge in [0.25, 0.3) is 5.91 Å². The predicted octanol–water partition coefficient (Wildman–Crippen LogP) is 4.26. The number of anilines is 1. The van der Waals surface area contributed by atoms with E-state index in [9.17, 15) is 14.4 Å². The number of nitrogens with one attached hydrogen (secondary N) is 3. The van der Waals surface area contributed by atoms with Crippen LogP contribution in [0, 0.1) is 0 Å². The molecule has 3 N–H and O–H groups in total. The number of hydrogen-bond acceptors (Lipinski definition) is 4. The largest absolute Gasteiger partial charge is 0.444 e. The quantitative estimate of drug-likeness (QED) is 0.466.